The first-order chi connectivity index (χ1) is 15.3. The fourth-order valence-electron chi connectivity index (χ4n) is 4.45. The van der Waals surface area contributed by atoms with Gasteiger partial charge in [0.1, 0.15) is 12.3 Å². The molecule has 6 nitrogen and oxygen atoms in total. The van der Waals surface area contributed by atoms with E-state index in [1.54, 1.807) is 23.1 Å². The highest BCUT2D eigenvalue weighted by molar-refractivity contribution is 5.93. The van der Waals surface area contributed by atoms with E-state index in [9.17, 15) is 28.2 Å². The normalized spacial score (nSPS) is 22.3. The molecule has 168 valence electrons. The van der Waals surface area contributed by atoms with Crippen molar-refractivity contribution < 1.29 is 32.9 Å². The fourth-order valence-corrected chi connectivity index (χ4v) is 4.45. The van der Waals surface area contributed by atoms with Gasteiger partial charge < -0.3 is 25.2 Å². The Bertz CT molecular complexity index is 1120. The van der Waals surface area contributed by atoms with Gasteiger partial charge in [0.2, 0.25) is 0 Å². The number of nitrogens with one attached hydrogen (secondary N) is 1. The minimum Gasteiger partial charge on any atom is -0.478 e. The van der Waals surface area contributed by atoms with Crippen LogP contribution in [-0.4, -0.2) is 35.4 Å². The molecule has 0 spiro atoms. The number of ether oxygens (including phenoxy) is 1. The topological polar surface area (TPSA) is 82.0 Å². The van der Waals surface area contributed by atoms with E-state index in [0.717, 1.165) is 18.4 Å². The summed E-state index contributed by atoms with van der Waals surface area (Å²) in [7, 11) is 0. The molecule has 1 unspecified atom stereocenters. The Morgan fingerprint density at radius 3 is 2.62 bits per heavy atom. The molecule has 2 atom stereocenters. The van der Waals surface area contributed by atoms with E-state index in [4.69, 9.17) is 4.74 Å². The maximum absolute atomic E-state index is 14.2. The molecule has 0 radical (unpaired) electrons. The van der Waals surface area contributed by atoms with Crippen LogP contribution in [-0.2, 0) is 11.3 Å². The summed E-state index contributed by atoms with van der Waals surface area (Å²) >= 11 is 0. The number of aliphatic hydroxyl groups excluding tert-OH is 1. The predicted octanol–water partition coefficient (Wildman–Crippen LogP) is 4.05. The van der Waals surface area contributed by atoms with Gasteiger partial charge in [0, 0.05) is 36.5 Å². The number of aliphatic carboxylic acids is 1. The van der Waals surface area contributed by atoms with E-state index >= 15 is 0 Å². The number of rotatable bonds is 5. The van der Waals surface area contributed by atoms with Gasteiger partial charge in [-0.15, -0.1) is 0 Å². The number of hydrogen-bond donors (Lipinski definition) is 3. The first-order valence-electron chi connectivity index (χ1n) is 10.4. The van der Waals surface area contributed by atoms with Gasteiger partial charge in [-0.3, -0.25) is 0 Å². The molecule has 5 rings (SSSR count). The van der Waals surface area contributed by atoms with Crippen molar-refractivity contribution in [2.75, 3.05) is 11.4 Å². The van der Waals surface area contributed by atoms with Crippen molar-refractivity contribution in [1.82, 2.24) is 5.32 Å². The van der Waals surface area contributed by atoms with Crippen LogP contribution in [0, 0.1) is 0 Å². The summed E-state index contributed by atoms with van der Waals surface area (Å²) in [5, 5.41) is 23.1. The van der Waals surface area contributed by atoms with Crippen molar-refractivity contribution in [2.24, 2.45) is 0 Å². The van der Waals surface area contributed by atoms with Crippen LogP contribution in [0.2, 0.25) is 0 Å². The van der Waals surface area contributed by atoms with Crippen LogP contribution in [0.25, 0.3) is 11.1 Å². The van der Waals surface area contributed by atoms with Crippen LogP contribution in [0.4, 0.5) is 18.9 Å². The zero-order valence-corrected chi connectivity index (χ0v) is 16.9. The SMILES string of the molecule is O=C(O)C1=CN(C2CC2)c2c(ccc(-c3ccc4c(c3)CNC[C@@H]4F)c2OC(F)F)C1O. The van der Waals surface area contributed by atoms with Crippen molar-refractivity contribution in [1.29, 1.82) is 0 Å². The Balaban J connectivity index is 1.69. The Hall–Kier alpha value is -3.04. The van der Waals surface area contributed by atoms with Gasteiger partial charge in [-0.1, -0.05) is 24.3 Å². The van der Waals surface area contributed by atoms with Gasteiger partial charge in [0.05, 0.1) is 11.3 Å². The van der Waals surface area contributed by atoms with E-state index < -0.39 is 24.9 Å². The lowest BCUT2D eigenvalue weighted by molar-refractivity contribution is -0.133. The third-order valence-electron chi connectivity index (χ3n) is 6.11. The van der Waals surface area contributed by atoms with Crippen molar-refractivity contribution in [3.8, 4) is 16.9 Å². The first-order valence-corrected chi connectivity index (χ1v) is 10.4. The number of anilines is 1. The van der Waals surface area contributed by atoms with Crippen molar-refractivity contribution in [2.45, 2.75) is 44.3 Å². The van der Waals surface area contributed by atoms with Gasteiger partial charge in [0.15, 0.2) is 5.75 Å². The number of nitrogens with zero attached hydrogens (tertiary/aromatic N) is 1. The molecule has 0 amide bonds. The number of alkyl halides is 3. The van der Waals surface area contributed by atoms with Crippen LogP contribution in [0.1, 0.15) is 41.8 Å². The maximum Gasteiger partial charge on any atom is 0.387 e. The molecule has 0 bridgehead atoms. The first kappa shape index (κ1) is 20.8. The number of fused-ring (bicyclic) bond motifs is 2. The minimum absolute atomic E-state index is 0.0640. The highest BCUT2D eigenvalue weighted by atomic mass is 19.3. The Labute approximate surface area is 181 Å². The Morgan fingerprint density at radius 1 is 1.19 bits per heavy atom. The highest BCUT2D eigenvalue weighted by Gasteiger charge is 2.40. The summed E-state index contributed by atoms with van der Waals surface area (Å²) in [4.78, 5) is 13.2. The molecule has 3 aliphatic rings. The molecular weight excluding hydrogens is 425 g/mol. The minimum atomic E-state index is -3.13. The zero-order valence-electron chi connectivity index (χ0n) is 16.9. The molecule has 2 heterocycles. The molecule has 32 heavy (non-hydrogen) atoms. The van der Waals surface area contributed by atoms with Crippen LogP contribution in [0.5, 0.6) is 5.75 Å². The van der Waals surface area contributed by atoms with Gasteiger partial charge in [-0.25, -0.2) is 9.18 Å². The average Bonchev–Trinajstić information content (AvgIpc) is 3.59. The zero-order chi connectivity index (χ0) is 22.6. The second-order valence-corrected chi connectivity index (χ2v) is 8.20. The van der Waals surface area contributed by atoms with Gasteiger partial charge in [-0.05, 0) is 35.6 Å². The molecule has 2 aromatic carbocycles. The molecule has 0 saturated heterocycles. The van der Waals surface area contributed by atoms with Crippen molar-refractivity contribution in [3.05, 3.63) is 58.8 Å². The molecule has 0 aromatic heterocycles. The second kappa shape index (κ2) is 7.83. The lowest BCUT2D eigenvalue weighted by Crippen LogP contribution is -2.30. The van der Waals surface area contributed by atoms with Crippen LogP contribution >= 0.6 is 0 Å². The summed E-state index contributed by atoms with van der Waals surface area (Å²) in [6, 6.07) is 8.06. The number of carboxylic acid groups (broad SMARTS) is 1. The number of aliphatic hydroxyl groups is 1. The lowest BCUT2D eigenvalue weighted by atomic mass is 9.90. The van der Waals surface area contributed by atoms with Crippen molar-refractivity contribution in [3.63, 3.8) is 0 Å². The van der Waals surface area contributed by atoms with Crippen LogP contribution in [0.15, 0.2) is 42.1 Å². The third kappa shape index (κ3) is 3.51. The number of hydrogen-bond acceptors (Lipinski definition) is 5. The molecule has 1 fully saturated rings. The van der Waals surface area contributed by atoms with Gasteiger partial charge in [0.25, 0.3) is 0 Å². The fraction of sp³-hybridized carbons (Fsp3) is 0.348. The van der Waals surface area contributed by atoms with E-state index in [1.807, 2.05) is 0 Å². The smallest absolute Gasteiger partial charge is 0.387 e. The van der Waals surface area contributed by atoms with Crippen LogP contribution < -0.4 is 15.0 Å². The molecular formula is C23H21F3N2O4. The Morgan fingerprint density at radius 2 is 1.94 bits per heavy atom. The van der Waals surface area contributed by atoms with Crippen molar-refractivity contribution >= 4 is 11.7 Å². The number of carboxylic acids is 1. The molecule has 2 aromatic rings. The summed E-state index contributed by atoms with van der Waals surface area (Å²) in [5.41, 5.74) is 2.42. The van der Waals surface area contributed by atoms with E-state index in [0.29, 0.717) is 23.2 Å². The number of halogens is 3. The largest absolute Gasteiger partial charge is 0.478 e. The summed E-state index contributed by atoms with van der Waals surface area (Å²) in [6.07, 6.45) is 0.207. The standard InChI is InChI=1S/C23H21F3N2O4/c24-18-9-27-8-12-7-11(1-4-14(12)18)15-5-6-16-19(21(15)32-23(25)26)28(13-2-3-13)10-17(20(16)29)22(30)31/h1,4-7,10,13,18,20,23,27,29H,2-3,8-9H2,(H,30,31)/t18-,20?/m0/s1. The molecule has 9 heteroatoms. The molecule has 3 N–H and O–H groups in total. The third-order valence-corrected chi connectivity index (χ3v) is 6.11. The van der Waals surface area contributed by atoms with E-state index in [1.165, 1.54) is 18.3 Å². The molecule has 1 saturated carbocycles. The summed E-state index contributed by atoms with van der Waals surface area (Å²) in [5.74, 6) is -1.41. The maximum atomic E-state index is 14.2. The number of carbonyl (C=O) groups is 1. The highest BCUT2D eigenvalue weighted by Crippen LogP contribution is 2.51. The average molecular weight is 446 g/mol. The van der Waals surface area contributed by atoms with Gasteiger partial charge >= 0.3 is 12.6 Å². The predicted molar refractivity (Wildman–Crippen MR) is 110 cm³/mol. The van der Waals surface area contributed by atoms with E-state index in [2.05, 4.69) is 5.32 Å². The van der Waals surface area contributed by atoms with E-state index in [-0.39, 0.29) is 35.2 Å². The monoisotopic (exact) mass is 446 g/mol. The summed E-state index contributed by atoms with van der Waals surface area (Å²) < 4.78 is 46.1. The Kier molecular flexibility index (Phi) is 5.10. The number of benzene rings is 2. The second-order valence-electron chi connectivity index (χ2n) is 8.20. The quantitative estimate of drug-likeness (QED) is 0.643. The van der Waals surface area contributed by atoms with Crippen LogP contribution in [0.3, 0.4) is 0 Å². The summed E-state index contributed by atoms with van der Waals surface area (Å²) in [6.45, 7) is -2.45. The molecule has 2 aliphatic heterocycles. The molecule has 1 aliphatic carbocycles. The van der Waals surface area contributed by atoms with Gasteiger partial charge in [-0.2, -0.15) is 8.78 Å². The lowest BCUT2D eigenvalue weighted by Gasteiger charge is -2.33.